The summed E-state index contributed by atoms with van der Waals surface area (Å²) in [7, 11) is 0. The molecule has 150 valence electrons. The maximum atomic E-state index is 12.8. The molecule has 29 heavy (non-hydrogen) atoms. The number of rotatable bonds is 3. The van der Waals surface area contributed by atoms with Gasteiger partial charge in [-0.15, -0.1) is 0 Å². The molecule has 1 unspecified atom stereocenters. The van der Waals surface area contributed by atoms with Gasteiger partial charge in [0.1, 0.15) is 5.92 Å². The van der Waals surface area contributed by atoms with E-state index in [0.717, 1.165) is 17.7 Å². The Kier molecular flexibility index (Phi) is 5.43. The fourth-order valence-corrected chi connectivity index (χ4v) is 3.84. The lowest BCUT2D eigenvalue weighted by atomic mass is 9.97. The molecule has 2 aliphatic heterocycles. The Bertz CT molecular complexity index is 917. The van der Waals surface area contributed by atoms with Gasteiger partial charge in [-0.2, -0.15) is 4.99 Å². The van der Waals surface area contributed by atoms with Crippen LogP contribution >= 0.6 is 0 Å². The highest BCUT2D eigenvalue weighted by Gasteiger charge is 2.30. The summed E-state index contributed by atoms with van der Waals surface area (Å²) in [5, 5.41) is 0. The number of carbonyl (C=O) groups excluding carboxylic acids is 2. The van der Waals surface area contributed by atoms with E-state index < -0.39 is 0 Å². The first-order valence-electron chi connectivity index (χ1n) is 10.2. The quantitative estimate of drug-likeness (QED) is 0.797. The van der Waals surface area contributed by atoms with Crippen molar-refractivity contribution in [3.63, 3.8) is 0 Å². The van der Waals surface area contributed by atoms with Gasteiger partial charge in [0, 0.05) is 31.7 Å². The molecule has 2 amide bonds. The highest BCUT2D eigenvalue weighted by Crippen LogP contribution is 2.19. The summed E-state index contributed by atoms with van der Waals surface area (Å²) in [5.74, 6) is 0.578. The van der Waals surface area contributed by atoms with Crippen LogP contribution in [0.15, 0.2) is 58.6 Å². The summed E-state index contributed by atoms with van der Waals surface area (Å²) in [6.45, 7) is 6.78. The number of allylic oxidation sites excluding steroid dienone is 3. The monoisotopic (exact) mass is 390 g/mol. The molecule has 3 aliphatic rings. The van der Waals surface area contributed by atoms with Gasteiger partial charge < -0.3 is 9.80 Å². The number of benzene rings is 1. The van der Waals surface area contributed by atoms with Crippen molar-refractivity contribution in [3.8, 4) is 0 Å². The van der Waals surface area contributed by atoms with Gasteiger partial charge in [0.05, 0.1) is 5.71 Å². The summed E-state index contributed by atoms with van der Waals surface area (Å²) in [6, 6.07) is 7.94. The van der Waals surface area contributed by atoms with Gasteiger partial charge in [-0.1, -0.05) is 44.2 Å². The molecule has 0 radical (unpaired) electrons. The molecule has 0 N–H and O–H groups in total. The third-order valence-corrected chi connectivity index (χ3v) is 5.40. The van der Waals surface area contributed by atoms with E-state index >= 15 is 0 Å². The van der Waals surface area contributed by atoms with Crippen molar-refractivity contribution < 1.29 is 9.59 Å². The predicted molar refractivity (Wildman–Crippen MR) is 114 cm³/mol. The minimum atomic E-state index is -0.356. The molecule has 1 aromatic carbocycles. The standard InChI is InChI=1S/C23H26N4O2/c1-16(2)15-17-7-9-18(10-8-17)22(29)26-11-13-27(14-12-26)23-24-20-6-4-3-5-19(20)21(28)25-23/h3-10,16,19H,11-15H2,1-2H3. The lowest BCUT2D eigenvalue weighted by Crippen LogP contribution is -2.51. The number of guanidine groups is 1. The van der Waals surface area contributed by atoms with E-state index in [1.807, 2.05) is 58.4 Å². The summed E-state index contributed by atoms with van der Waals surface area (Å²) in [6.07, 6.45) is 8.43. The van der Waals surface area contributed by atoms with Crippen molar-refractivity contribution in [2.45, 2.75) is 20.3 Å². The van der Waals surface area contributed by atoms with Crippen LogP contribution in [0.25, 0.3) is 0 Å². The predicted octanol–water partition coefficient (Wildman–Crippen LogP) is 2.72. The number of aliphatic imine (C=N–C) groups is 2. The second kappa shape index (κ2) is 8.15. The number of piperazine rings is 1. The molecule has 6 nitrogen and oxygen atoms in total. The van der Waals surface area contributed by atoms with Gasteiger partial charge in [-0.25, -0.2) is 4.99 Å². The first-order chi connectivity index (χ1) is 14.0. The molecule has 1 saturated heterocycles. The minimum Gasteiger partial charge on any atom is -0.337 e. The molecule has 2 heterocycles. The molecular weight excluding hydrogens is 364 g/mol. The normalized spacial score (nSPS) is 21.2. The highest BCUT2D eigenvalue weighted by molar-refractivity contribution is 6.21. The van der Waals surface area contributed by atoms with Gasteiger partial charge in [0.15, 0.2) is 0 Å². The summed E-state index contributed by atoms with van der Waals surface area (Å²) in [4.78, 5) is 37.7. The Labute approximate surface area is 171 Å². The van der Waals surface area contributed by atoms with Crippen molar-refractivity contribution in [2.24, 2.45) is 21.8 Å². The van der Waals surface area contributed by atoms with E-state index in [9.17, 15) is 9.59 Å². The number of nitrogens with zero attached hydrogens (tertiary/aromatic N) is 4. The third-order valence-electron chi connectivity index (χ3n) is 5.40. The highest BCUT2D eigenvalue weighted by atomic mass is 16.2. The van der Waals surface area contributed by atoms with Crippen molar-refractivity contribution in [1.29, 1.82) is 0 Å². The van der Waals surface area contributed by atoms with Crippen LogP contribution in [-0.2, 0) is 11.2 Å². The molecule has 0 spiro atoms. The molecule has 1 aliphatic carbocycles. The van der Waals surface area contributed by atoms with Crippen molar-refractivity contribution in [1.82, 2.24) is 9.80 Å². The Morgan fingerprint density at radius 2 is 1.79 bits per heavy atom. The van der Waals surface area contributed by atoms with Crippen LogP contribution in [0, 0.1) is 11.8 Å². The maximum Gasteiger partial charge on any atom is 0.261 e. The minimum absolute atomic E-state index is 0.0501. The average molecular weight is 390 g/mol. The van der Waals surface area contributed by atoms with Crippen LogP contribution in [-0.4, -0.2) is 59.5 Å². The van der Waals surface area contributed by atoms with Gasteiger partial charge in [-0.05, 0) is 36.1 Å². The zero-order chi connectivity index (χ0) is 20.4. The average Bonchev–Trinajstić information content (AvgIpc) is 2.73. The van der Waals surface area contributed by atoms with Crippen LogP contribution in [0.4, 0.5) is 0 Å². The SMILES string of the molecule is CC(C)Cc1ccc(C(=O)N2CCN(C3=NC(=O)C4C=CC=CC4=N3)CC2)cc1. The number of hydrogen-bond acceptors (Lipinski definition) is 4. The van der Waals surface area contributed by atoms with Crippen molar-refractivity contribution in [2.75, 3.05) is 26.2 Å². The Morgan fingerprint density at radius 3 is 2.48 bits per heavy atom. The fraction of sp³-hybridized carbons (Fsp3) is 0.391. The van der Waals surface area contributed by atoms with E-state index in [1.54, 1.807) is 0 Å². The molecule has 6 heteroatoms. The van der Waals surface area contributed by atoms with Gasteiger partial charge in [-0.3, -0.25) is 9.59 Å². The van der Waals surface area contributed by atoms with Gasteiger partial charge in [0.25, 0.3) is 11.8 Å². The molecular formula is C23H26N4O2. The van der Waals surface area contributed by atoms with Crippen LogP contribution in [0.1, 0.15) is 29.8 Å². The molecule has 1 atom stereocenters. The lowest BCUT2D eigenvalue weighted by molar-refractivity contribution is -0.118. The van der Waals surface area contributed by atoms with Crippen LogP contribution < -0.4 is 0 Å². The second-order valence-corrected chi connectivity index (χ2v) is 8.08. The molecule has 1 aromatic rings. The Balaban J connectivity index is 1.37. The summed E-state index contributed by atoms with van der Waals surface area (Å²) < 4.78 is 0. The second-order valence-electron chi connectivity index (χ2n) is 8.08. The topological polar surface area (TPSA) is 65.3 Å². The van der Waals surface area contributed by atoms with E-state index in [4.69, 9.17) is 0 Å². The van der Waals surface area contributed by atoms with Crippen LogP contribution in [0.3, 0.4) is 0 Å². The van der Waals surface area contributed by atoms with Gasteiger partial charge in [0.2, 0.25) is 5.96 Å². The zero-order valence-electron chi connectivity index (χ0n) is 16.9. The molecule has 0 saturated carbocycles. The number of amides is 2. The van der Waals surface area contributed by atoms with E-state index in [1.165, 1.54) is 5.56 Å². The number of carbonyl (C=O) groups is 2. The summed E-state index contributed by atoms with van der Waals surface area (Å²) >= 11 is 0. The van der Waals surface area contributed by atoms with E-state index in [2.05, 4.69) is 23.8 Å². The molecule has 0 bridgehead atoms. The smallest absolute Gasteiger partial charge is 0.261 e. The Morgan fingerprint density at radius 1 is 1.07 bits per heavy atom. The number of fused-ring (bicyclic) bond motifs is 1. The molecule has 0 aromatic heterocycles. The lowest BCUT2D eigenvalue weighted by Gasteiger charge is -2.36. The first kappa shape index (κ1) is 19.3. The first-order valence-corrected chi connectivity index (χ1v) is 10.2. The molecule has 1 fully saturated rings. The maximum absolute atomic E-state index is 12.8. The summed E-state index contributed by atoms with van der Waals surface area (Å²) in [5.41, 5.74) is 2.71. The number of hydrogen-bond donors (Lipinski definition) is 0. The van der Waals surface area contributed by atoms with Crippen LogP contribution in [0.5, 0.6) is 0 Å². The van der Waals surface area contributed by atoms with E-state index in [0.29, 0.717) is 38.1 Å². The fourth-order valence-electron chi connectivity index (χ4n) is 3.84. The van der Waals surface area contributed by atoms with Crippen molar-refractivity contribution >= 4 is 23.5 Å². The van der Waals surface area contributed by atoms with Crippen molar-refractivity contribution in [3.05, 3.63) is 59.7 Å². The molecule has 4 rings (SSSR count). The third kappa shape index (κ3) is 4.21. The van der Waals surface area contributed by atoms with Gasteiger partial charge >= 0.3 is 0 Å². The largest absolute Gasteiger partial charge is 0.337 e. The van der Waals surface area contributed by atoms with E-state index in [-0.39, 0.29) is 17.7 Å². The Hall–Kier alpha value is -3.02. The zero-order valence-corrected chi connectivity index (χ0v) is 16.9. The van der Waals surface area contributed by atoms with Crippen LogP contribution in [0.2, 0.25) is 0 Å².